The minimum atomic E-state index is -0.862. The van der Waals surface area contributed by atoms with E-state index >= 15 is 0 Å². The molecule has 3 N–H and O–H groups in total. The van der Waals surface area contributed by atoms with Gasteiger partial charge in [-0.1, -0.05) is 147 Å². The first-order valence-corrected chi connectivity index (χ1v) is 17.7. The zero-order chi connectivity index (χ0) is 30.1. The number of carbonyl (C=O) groups is 1. The second-order valence-corrected chi connectivity index (χ2v) is 11.9. The Balaban J connectivity index is 3.71. The third kappa shape index (κ3) is 29.9. The molecule has 0 rings (SSSR count). The number of allylic oxidation sites excluding steroid dienone is 5. The summed E-state index contributed by atoms with van der Waals surface area (Å²) in [4.78, 5) is 12.3. The first kappa shape index (κ1) is 39.6. The summed E-state index contributed by atoms with van der Waals surface area (Å²) in [6, 6.07) is -0.639. The number of carbonyl (C=O) groups excluding carboxylic acids is 1. The topological polar surface area (TPSA) is 69.6 Å². The van der Waals surface area contributed by atoms with Crippen LogP contribution in [0, 0.1) is 0 Å². The highest BCUT2D eigenvalue weighted by molar-refractivity contribution is 5.76. The second-order valence-electron chi connectivity index (χ2n) is 11.9. The first-order valence-electron chi connectivity index (χ1n) is 17.7. The van der Waals surface area contributed by atoms with Crippen LogP contribution in [-0.2, 0) is 4.79 Å². The molecule has 240 valence electrons. The predicted octanol–water partition coefficient (Wildman–Crippen LogP) is 10.3. The van der Waals surface area contributed by atoms with Crippen molar-refractivity contribution >= 4 is 5.91 Å². The van der Waals surface area contributed by atoms with Gasteiger partial charge in [0.15, 0.2) is 0 Å². The summed E-state index contributed by atoms with van der Waals surface area (Å²) in [5.41, 5.74) is 0. The van der Waals surface area contributed by atoms with Gasteiger partial charge in [0.05, 0.1) is 18.8 Å². The average Bonchev–Trinajstić information content (AvgIpc) is 2.97. The highest BCUT2D eigenvalue weighted by Gasteiger charge is 2.17. The van der Waals surface area contributed by atoms with E-state index in [9.17, 15) is 15.0 Å². The van der Waals surface area contributed by atoms with E-state index in [1.54, 1.807) is 6.08 Å². The van der Waals surface area contributed by atoms with Crippen LogP contribution in [0.5, 0.6) is 0 Å². The summed E-state index contributed by atoms with van der Waals surface area (Å²) >= 11 is 0. The number of hydrogen-bond donors (Lipinski definition) is 3. The third-order valence-corrected chi connectivity index (χ3v) is 7.85. The Bertz CT molecular complexity index is 628. The summed E-state index contributed by atoms with van der Waals surface area (Å²) in [5, 5.41) is 22.8. The van der Waals surface area contributed by atoms with Gasteiger partial charge in [0.25, 0.3) is 0 Å². The maximum Gasteiger partial charge on any atom is 0.220 e. The van der Waals surface area contributed by atoms with Crippen LogP contribution in [0.4, 0.5) is 0 Å². The monoisotopic (exact) mass is 576 g/mol. The van der Waals surface area contributed by atoms with Crippen LogP contribution >= 0.6 is 0 Å². The van der Waals surface area contributed by atoms with Crippen LogP contribution < -0.4 is 5.32 Å². The molecule has 0 aromatic carbocycles. The molecule has 41 heavy (non-hydrogen) atoms. The molecule has 2 atom stereocenters. The van der Waals surface area contributed by atoms with E-state index < -0.39 is 12.1 Å². The second kappa shape index (κ2) is 33.1. The molecule has 2 unspecified atom stereocenters. The van der Waals surface area contributed by atoms with Crippen LogP contribution in [0.3, 0.4) is 0 Å². The molecule has 0 heterocycles. The van der Waals surface area contributed by atoms with Crippen LogP contribution in [-0.4, -0.2) is 34.9 Å². The van der Waals surface area contributed by atoms with Crippen LogP contribution in [0.1, 0.15) is 174 Å². The lowest BCUT2D eigenvalue weighted by molar-refractivity contribution is -0.123. The van der Waals surface area contributed by atoms with E-state index in [0.29, 0.717) is 6.42 Å². The van der Waals surface area contributed by atoms with Gasteiger partial charge in [-0.3, -0.25) is 4.79 Å². The molecule has 0 aliphatic heterocycles. The van der Waals surface area contributed by atoms with Gasteiger partial charge in [-0.25, -0.2) is 0 Å². The normalized spacial score (nSPS) is 13.6. The van der Waals surface area contributed by atoms with Gasteiger partial charge in [0, 0.05) is 6.42 Å². The van der Waals surface area contributed by atoms with E-state index in [1.807, 2.05) is 6.08 Å². The van der Waals surface area contributed by atoms with Crippen LogP contribution in [0.25, 0.3) is 0 Å². The van der Waals surface area contributed by atoms with Crippen molar-refractivity contribution in [3.05, 3.63) is 36.5 Å². The van der Waals surface area contributed by atoms with E-state index in [2.05, 4.69) is 43.5 Å². The van der Waals surface area contributed by atoms with Crippen molar-refractivity contribution in [2.24, 2.45) is 0 Å². The van der Waals surface area contributed by atoms with E-state index in [1.165, 1.54) is 109 Å². The Kier molecular flexibility index (Phi) is 32.0. The largest absolute Gasteiger partial charge is 0.394 e. The SMILES string of the molecule is CCCCCC/C=C\CCCCCCCC(=O)NC(CO)C(O)/C=C/CC/C=C/CCCCCCCCCCCC. The third-order valence-electron chi connectivity index (χ3n) is 7.85. The summed E-state index contributed by atoms with van der Waals surface area (Å²) in [6.07, 6.45) is 42.2. The predicted molar refractivity (Wildman–Crippen MR) is 179 cm³/mol. The summed E-state index contributed by atoms with van der Waals surface area (Å²) in [5.74, 6) is -0.0857. The number of unbranched alkanes of at least 4 members (excludes halogenated alkanes) is 20. The molecule has 0 aliphatic rings. The highest BCUT2D eigenvalue weighted by atomic mass is 16.3. The Morgan fingerprint density at radius 1 is 0.561 bits per heavy atom. The molecular weight excluding hydrogens is 506 g/mol. The van der Waals surface area contributed by atoms with E-state index in [-0.39, 0.29) is 12.5 Å². The summed E-state index contributed by atoms with van der Waals surface area (Å²) in [6.45, 7) is 4.26. The minimum absolute atomic E-state index is 0.0857. The fraction of sp³-hybridized carbons (Fsp3) is 0.811. The lowest BCUT2D eigenvalue weighted by Gasteiger charge is -2.19. The van der Waals surface area contributed by atoms with Crippen molar-refractivity contribution in [1.29, 1.82) is 0 Å². The quantitative estimate of drug-likeness (QED) is 0.0569. The lowest BCUT2D eigenvalue weighted by atomic mass is 10.1. The zero-order valence-corrected chi connectivity index (χ0v) is 27.3. The Morgan fingerprint density at radius 2 is 0.951 bits per heavy atom. The maximum absolute atomic E-state index is 12.3. The van der Waals surface area contributed by atoms with Crippen molar-refractivity contribution < 1.29 is 15.0 Å². The van der Waals surface area contributed by atoms with Gasteiger partial charge in [-0.15, -0.1) is 0 Å². The molecule has 0 fully saturated rings. The Hall–Kier alpha value is -1.39. The summed E-state index contributed by atoms with van der Waals surface area (Å²) < 4.78 is 0. The fourth-order valence-corrected chi connectivity index (χ4v) is 5.07. The molecular formula is C37H69NO3. The number of amides is 1. The number of rotatable bonds is 31. The molecule has 0 aromatic rings. The molecule has 0 bridgehead atoms. The van der Waals surface area contributed by atoms with Crippen molar-refractivity contribution in [3.63, 3.8) is 0 Å². The average molecular weight is 576 g/mol. The van der Waals surface area contributed by atoms with Crippen LogP contribution in [0.2, 0.25) is 0 Å². The first-order chi connectivity index (χ1) is 20.2. The van der Waals surface area contributed by atoms with Crippen molar-refractivity contribution in [3.8, 4) is 0 Å². The van der Waals surface area contributed by atoms with Gasteiger partial charge in [-0.2, -0.15) is 0 Å². The number of aliphatic hydroxyl groups excluding tert-OH is 2. The molecule has 0 aromatic heterocycles. The summed E-state index contributed by atoms with van der Waals surface area (Å²) in [7, 11) is 0. The highest BCUT2D eigenvalue weighted by Crippen LogP contribution is 2.12. The Morgan fingerprint density at radius 3 is 1.44 bits per heavy atom. The van der Waals surface area contributed by atoms with Crippen LogP contribution in [0.15, 0.2) is 36.5 Å². The lowest BCUT2D eigenvalue weighted by Crippen LogP contribution is -2.45. The molecule has 4 nitrogen and oxygen atoms in total. The van der Waals surface area contributed by atoms with E-state index in [4.69, 9.17) is 0 Å². The van der Waals surface area contributed by atoms with Crippen molar-refractivity contribution in [1.82, 2.24) is 5.32 Å². The smallest absolute Gasteiger partial charge is 0.220 e. The van der Waals surface area contributed by atoms with Gasteiger partial charge in [0.2, 0.25) is 5.91 Å². The fourth-order valence-electron chi connectivity index (χ4n) is 5.07. The van der Waals surface area contributed by atoms with Crippen molar-refractivity contribution in [2.45, 2.75) is 187 Å². The maximum atomic E-state index is 12.3. The molecule has 0 saturated heterocycles. The minimum Gasteiger partial charge on any atom is -0.394 e. The molecule has 4 heteroatoms. The van der Waals surface area contributed by atoms with Gasteiger partial charge in [-0.05, 0) is 57.8 Å². The molecule has 0 saturated carbocycles. The number of hydrogen-bond acceptors (Lipinski definition) is 3. The van der Waals surface area contributed by atoms with Crippen molar-refractivity contribution in [2.75, 3.05) is 6.61 Å². The number of nitrogens with one attached hydrogen (secondary N) is 1. The molecule has 0 aliphatic carbocycles. The molecule has 0 spiro atoms. The standard InChI is InChI=1S/C37H69NO3/c1-3-5-7-9-11-13-15-17-18-19-21-22-24-26-28-30-32-36(40)35(34-39)38-37(41)33-31-29-27-25-23-20-16-14-12-10-8-6-4-2/h14,16,22,24,30,32,35-36,39-40H,3-13,15,17-21,23,25-29,31,33-34H2,1-2H3,(H,38,41)/b16-14-,24-22+,32-30+. The van der Waals surface area contributed by atoms with Gasteiger partial charge < -0.3 is 15.5 Å². The van der Waals surface area contributed by atoms with Gasteiger partial charge >= 0.3 is 0 Å². The van der Waals surface area contributed by atoms with Gasteiger partial charge in [0.1, 0.15) is 0 Å². The van der Waals surface area contributed by atoms with E-state index in [0.717, 1.165) is 44.9 Å². The molecule has 0 radical (unpaired) electrons. The Labute approximate surface area is 255 Å². The molecule has 1 amide bonds. The zero-order valence-electron chi connectivity index (χ0n) is 27.3. The number of aliphatic hydroxyl groups is 2.